The van der Waals surface area contributed by atoms with E-state index in [-0.39, 0.29) is 30.0 Å². The Balaban J connectivity index is 1.87. The first kappa shape index (κ1) is 24.6. The topological polar surface area (TPSA) is 86.7 Å². The van der Waals surface area contributed by atoms with Crippen LogP contribution < -0.4 is 5.32 Å². The summed E-state index contributed by atoms with van der Waals surface area (Å²) in [5.74, 6) is -0.333. The van der Waals surface area contributed by atoms with Gasteiger partial charge in [0.15, 0.2) is 0 Å². The number of sulfonamides is 1. The lowest BCUT2D eigenvalue weighted by Gasteiger charge is -2.35. The first-order valence-corrected chi connectivity index (χ1v) is 12.5. The third-order valence-electron chi connectivity index (χ3n) is 5.64. The number of aliphatic hydroxyl groups excluding tert-OH is 1. The van der Waals surface area contributed by atoms with E-state index in [1.165, 1.54) is 28.6 Å². The van der Waals surface area contributed by atoms with Crippen molar-refractivity contribution in [1.82, 2.24) is 9.62 Å². The fourth-order valence-corrected chi connectivity index (χ4v) is 5.60. The molecule has 0 saturated heterocycles. The lowest BCUT2D eigenvalue weighted by molar-refractivity contribution is 0.0922. The average molecular weight is 483 g/mol. The number of aliphatic hydroxyl groups is 1. The highest BCUT2D eigenvalue weighted by Crippen LogP contribution is 2.31. The summed E-state index contributed by atoms with van der Waals surface area (Å²) in [6.45, 7) is 1.50. The van der Waals surface area contributed by atoms with Crippen LogP contribution in [0.3, 0.4) is 0 Å². The fraction of sp³-hybridized carbons (Fsp3) is 0.435. The monoisotopic (exact) mass is 482 g/mol. The lowest BCUT2D eigenvalue weighted by Crippen LogP contribution is -2.46. The molecule has 1 aliphatic rings. The number of benzene rings is 2. The second-order valence-electron chi connectivity index (χ2n) is 8.13. The van der Waals surface area contributed by atoms with Gasteiger partial charge in [-0.15, -0.1) is 0 Å². The molecule has 1 fully saturated rings. The van der Waals surface area contributed by atoms with Crippen molar-refractivity contribution in [3.8, 4) is 0 Å². The number of alkyl halides is 1. The minimum atomic E-state index is -3.97. The molecule has 1 saturated carbocycles. The molecular weight excluding hydrogens is 455 g/mol. The van der Waals surface area contributed by atoms with E-state index in [1.54, 1.807) is 31.2 Å². The van der Waals surface area contributed by atoms with Crippen molar-refractivity contribution in [2.24, 2.45) is 0 Å². The molecule has 2 N–H and O–H groups in total. The number of nitrogens with one attached hydrogen (secondary N) is 1. The van der Waals surface area contributed by atoms with Crippen LogP contribution in [0.15, 0.2) is 53.4 Å². The summed E-state index contributed by atoms with van der Waals surface area (Å²) in [6, 6.07) is 11.2. The van der Waals surface area contributed by atoms with Crippen molar-refractivity contribution in [1.29, 1.82) is 0 Å². The van der Waals surface area contributed by atoms with Gasteiger partial charge >= 0.3 is 0 Å². The van der Waals surface area contributed by atoms with Crippen LogP contribution in [0.25, 0.3) is 0 Å². The van der Waals surface area contributed by atoms with Crippen LogP contribution in [0, 0.1) is 0 Å². The van der Waals surface area contributed by atoms with Crippen molar-refractivity contribution in [3.05, 3.63) is 64.7 Å². The van der Waals surface area contributed by atoms with Crippen LogP contribution in [0.2, 0.25) is 5.02 Å². The molecule has 0 aliphatic heterocycles. The van der Waals surface area contributed by atoms with E-state index in [0.29, 0.717) is 29.0 Å². The predicted molar refractivity (Wildman–Crippen MR) is 122 cm³/mol. The van der Waals surface area contributed by atoms with Gasteiger partial charge in [-0.1, -0.05) is 36.6 Å². The molecule has 1 amide bonds. The van der Waals surface area contributed by atoms with Gasteiger partial charge in [-0.25, -0.2) is 12.8 Å². The predicted octanol–water partition coefficient (Wildman–Crippen LogP) is 3.92. The molecule has 3 rings (SSSR count). The molecule has 2 unspecified atom stereocenters. The number of hydrogen-bond donors (Lipinski definition) is 2. The van der Waals surface area contributed by atoms with E-state index < -0.39 is 22.2 Å². The summed E-state index contributed by atoms with van der Waals surface area (Å²) in [4.78, 5) is 12.3. The van der Waals surface area contributed by atoms with E-state index in [0.717, 1.165) is 12.8 Å². The molecule has 174 valence electrons. The van der Waals surface area contributed by atoms with Crippen LogP contribution in [0.5, 0.6) is 0 Å². The maximum absolute atomic E-state index is 14.8. The van der Waals surface area contributed by atoms with Gasteiger partial charge in [0.2, 0.25) is 10.0 Å². The average Bonchev–Trinajstić information content (AvgIpc) is 2.78. The molecule has 2 aromatic carbocycles. The minimum Gasteiger partial charge on any atom is -0.394 e. The first-order chi connectivity index (χ1) is 15.2. The third-order valence-corrected chi connectivity index (χ3v) is 7.78. The van der Waals surface area contributed by atoms with Crippen LogP contribution >= 0.6 is 11.6 Å². The number of carbonyl (C=O) groups is 1. The summed E-state index contributed by atoms with van der Waals surface area (Å²) in [5.41, 5.74) is 1.04. The molecule has 0 spiro atoms. The normalized spacial score (nSPS) is 20.2. The molecule has 3 atom stereocenters. The molecular formula is C23H28ClFN2O4S. The SMILES string of the molecule is C[C@@H](CO)NC(=O)c1ccc(CN(C2CCCCC2F)S(=O)(=O)c2ccc(Cl)cc2)cc1. The second kappa shape index (κ2) is 10.7. The molecule has 0 aromatic heterocycles. The number of nitrogens with zero attached hydrogens (tertiary/aromatic N) is 1. The molecule has 0 heterocycles. The summed E-state index contributed by atoms with van der Waals surface area (Å²) in [7, 11) is -3.97. The van der Waals surface area contributed by atoms with Crippen molar-refractivity contribution in [2.75, 3.05) is 6.61 Å². The van der Waals surface area contributed by atoms with Crippen LogP contribution in [-0.2, 0) is 16.6 Å². The summed E-state index contributed by atoms with van der Waals surface area (Å²) >= 11 is 5.91. The zero-order chi connectivity index (χ0) is 23.3. The van der Waals surface area contributed by atoms with Gasteiger partial charge in [-0.3, -0.25) is 4.79 Å². The Hall–Kier alpha value is -2.00. The zero-order valence-corrected chi connectivity index (χ0v) is 19.4. The van der Waals surface area contributed by atoms with Crippen molar-refractivity contribution < 1.29 is 22.7 Å². The Morgan fingerprint density at radius 2 is 1.78 bits per heavy atom. The van der Waals surface area contributed by atoms with Crippen LogP contribution in [-0.4, -0.2) is 48.6 Å². The van der Waals surface area contributed by atoms with Crippen LogP contribution in [0.4, 0.5) is 4.39 Å². The van der Waals surface area contributed by atoms with Gasteiger partial charge in [0.25, 0.3) is 5.91 Å². The highest BCUT2D eigenvalue weighted by atomic mass is 35.5. The fourth-order valence-electron chi connectivity index (χ4n) is 3.81. The number of hydrogen-bond acceptors (Lipinski definition) is 4. The smallest absolute Gasteiger partial charge is 0.251 e. The quantitative estimate of drug-likeness (QED) is 0.597. The van der Waals surface area contributed by atoms with Gasteiger partial charge in [0.1, 0.15) is 6.17 Å². The molecule has 1 aliphatic carbocycles. The van der Waals surface area contributed by atoms with Gasteiger partial charge in [-0.2, -0.15) is 4.31 Å². The largest absolute Gasteiger partial charge is 0.394 e. The molecule has 32 heavy (non-hydrogen) atoms. The Bertz CT molecular complexity index is 1020. The van der Waals surface area contributed by atoms with Crippen molar-refractivity contribution in [2.45, 2.75) is 62.3 Å². The summed E-state index contributed by atoms with van der Waals surface area (Å²) in [5, 5.41) is 12.2. The zero-order valence-electron chi connectivity index (χ0n) is 17.9. The Labute approximate surface area is 193 Å². The summed E-state index contributed by atoms with van der Waals surface area (Å²) < 4.78 is 43.0. The van der Waals surface area contributed by atoms with E-state index >= 15 is 0 Å². The van der Waals surface area contributed by atoms with Gasteiger partial charge < -0.3 is 10.4 Å². The molecule has 2 aromatic rings. The highest BCUT2D eigenvalue weighted by molar-refractivity contribution is 7.89. The van der Waals surface area contributed by atoms with Crippen molar-refractivity contribution >= 4 is 27.5 Å². The number of amides is 1. The molecule has 0 bridgehead atoms. The standard InChI is InChI=1S/C23H28ClFN2O4S/c1-16(15-28)26-23(29)18-8-6-17(7-9-18)14-27(22-5-3-2-4-21(22)25)32(30,31)20-12-10-19(24)11-13-20/h6-13,16,21-22,28H,2-5,14-15H2,1H3,(H,26,29)/t16-,21?,22?/m0/s1. The van der Waals surface area contributed by atoms with E-state index in [2.05, 4.69) is 5.32 Å². The maximum atomic E-state index is 14.8. The third kappa shape index (κ3) is 5.86. The van der Waals surface area contributed by atoms with E-state index in [4.69, 9.17) is 16.7 Å². The Morgan fingerprint density at radius 3 is 2.38 bits per heavy atom. The van der Waals surface area contributed by atoms with Gasteiger partial charge in [0.05, 0.1) is 17.5 Å². The van der Waals surface area contributed by atoms with E-state index in [1.807, 2.05) is 0 Å². The van der Waals surface area contributed by atoms with Gasteiger partial charge in [0, 0.05) is 23.2 Å². The number of carbonyl (C=O) groups excluding carboxylic acids is 1. The Kier molecular flexibility index (Phi) is 8.27. The number of rotatable bonds is 8. The Morgan fingerprint density at radius 1 is 1.16 bits per heavy atom. The van der Waals surface area contributed by atoms with Crippen LogP contribution in [0.1, 0.15) is 48.5 Å². The molecule has 0 radical (unpaired) electrons. The highest BCUT2D eigenvalue weighted by Gasteiger charge is 2.38. The lowest BCUT2D eigenvalue weighted by atomic mass is 9.93. The first-order valence-electron chi connectivity index (χ1n) is 10.6. The second-order valence-corrected chi connectivity index (χ2v) is 10.5. The summed E-state index contributed by atoms with van der Waals surface area (Å²) in [6.07, 6.45) is 1.05. The van der Waals surface area contributed by atoms with E-state index in [9.17, 15) is 17.6 Å². The minimum absolute atomic E-state index is 0.00894. The van der Waals surface area contributed by atoms with Crippen molar-refractivity contribution in [3.63, 3.8) is 0 Å². The number of halogens is 2. The molecule has 9 heteroatoms. The molecule has 6 nitrogen and oxygen atoms in total. The van der Waals surface area contributed by atoms with Gasteiger partial charge in [-0.05, 0) is 61.7 Å². The maximum Gasteiger partial charge on any atom is 0.251 e.